The van der Waals surface area contributed by atoms with E-state index < -0.39 is 10.9 Å². The molecule has 1 aliphatic heterocycles. The van der Waals surface area contributed by atoms with Gasteiger partial charge in [-0.25, -0.2) is 4.79 Å². The number of halogens is 2. The average molecular weight is 396 g/mol. The molecule has 2 aromatic carbocycles. The third-order valence-corrected chi connectivity index (χ3v) is 4.22. The molecule has 0 bridgehead atoms. The Bertz CT molecular complexity index is 912. The van der Waals surface area contributed by atoms with Crippen LogP contribution >= 0.6 is 23.2 Å². The van der Waals surface area contributed by atoms with Gasteiger partial charge < -0.3 is 14.2 Å². The van der Waals surface area contributed by atoms with Crippen molar-refractivity contribution >= 4 is 40.9 Å². The van der Waals surface area contributed by atoms with Crippen molar-refractivity contribution in [1.82, 2.24) is 0 Å². The van der Waals surface area contributed by atoms with Crippen molar-refractivity contribution in [3.63, 3.8) is 0 Å². The molecule has 0 aromatic heterocycles. The monoisotopic (exact) mass is 395 g/mol. The Labute approximate surface area is 157 Å². The van der Waals surface area contributed by atoms with Gasteiger partial charge in [0, 0.05) is 6.08 Å². The minimum absolute atomic E-state index is 0.00858. The van der Waals surface area contributed by atoms with E-state index in [0.717, 1.165) is 6.08 Å². The number of nitrogens with zero attached hydrogens (tertiary/aromatic N) is 1. The first kappa shape index (κ1) is 18.0. The summed E-state index contributed by atoms with van der Waals surface area (Å²) in [5.41, 5.74) is 0.656. The van der Waals surface area contributed by atoms with Crippen LogP contribution < -0.4 is 9.47 Å². The molecule has 0 N–H and O–H groups in total. The van der Waals surface area contributed by atoms with Crippen LogP contribution in [-0.2, 0) is 16.1 Å². The summed E-state index contributed by atoms with van der Waals surface area (Å²) in [6.45, 7) is -0.0192. The number of nitro groups is 1. The number of hydrogen-bond donors (Lipinski definition) is 0. The molecule has 0 saturated carbocycles. The number of benzene rings is 2. The first-order valence-corrected chi connectivity index (χ1v) is 8.06. The van der Waals surface area contributed by atoms with Crippen LogP contribution in [0.2, 0.25) is 10.0 Å². The van der Waals surface area contributed by atoms with Crippen LogP contribution in [0.4, 0.5) is 5.69 Å². The Morgan fingerprint density at radius 1 is 1.19 bits per heavy atom. The van der Waals surface area contributed by atoms with E-state index in [4.69, 9.17) is 37.4 Å². The Balaban J connectivity index is 1.70. The molecule has 0 radical (unpaired) electrons. The van der Waals surface area contributed by atoms with Gasteiger partial charge in [0.15, 0.2) is 11.5 Å². The smallest absolute Gasteiger partial charge is 0.331 e. The highest BCUT2D eigenvalue weighted by molar-refractivity contribution is 6.42. The lowest BCUT2D eigenvalue weighted by Gasteiger charge is -2.04. The number of hydrogen-bond acceptors (Lipinski definition) is 6. The maximum Gasteiger partial charge on any atom is 0.331 e. The predicted molar refractivity (Wildman–Crippen MR) is 94.5 cm³/mol. The molecule has 1 aliphatic rings. The van der Waals surface area contributed by atoms with Gasteiger partial charge in [0.1, 0.15) is 6.61 Å². The fraction of sp³-hybridized carbons (Fsp3) is 0.118. The summed E-state index contributed by atoms with van der Waals surface area (Å²) in [5.74, 6) is -0.00138. The lowest BCUT2D eigenvalue weighted by molar-refractivity contribution is -0.385. The third kappa shape index (κ3) is 4.07. The standard InChI is InChI=1S/C17H11Cl2NO6/c18-12-3-1-10(5-13(12)19)8-24-17(21)4-2-11-6-15-16(26-9-25-15)7-14(11)20(22)23/h1-7H,8-9H2/b4-2+. The van der Waals surface area contributed by atoms with Gasteiger partial charge in [-0.15, -0.1) is 0 Å². The summed E-state index contributed by atoms with van der Waals surface area (Å²) in [4.78, 5) is 22.5. The van der Waals surface area contributed by atoms with Gasteiger partial charge in [-0.1, -0.05) is 29.3 Å². The summed E-state index contributed by atoms with van der Waals surface area (Å²) in [6, 6.07) is 7.54. The molecule has 7 nitrogen and oxygen atoms in total. The van der Waals surface area contributed by atoms with Gasteiger partial charge in [-0.05, 0) is 29.8 Å². The van der Waals surface area contributed by atoms with Crippen LogP contribution in [0.25, 0.3) is 6.08 Å². The first-order chi connectivity index (χ1) is 12.4. The molecule has 2 aromatic rings. The molecular weight excluding hydrogens is 385 g/mol. The molecule has 1 heterocycles. The van der Waals surface area contributed by atoms with Crippen LogP contribution in [0.3, 0.4) is 0 Å². The van der Waals surface area contributed by atoms with Crippen molar-refractivity contribution in [2.75, 3.05) is 6.79 Å². The van der Waals surface area contributed by atoms with Crippen molar-refractivity contribution in [2.24, 2.45) is 0 Å². The molecule has 134 valence electrons. The van der Waals surface area contributed by atoms with Crippen molar-refractivity contribution in [3.05, 3.63) is 67.7 Å². The number of fused-ring (bicyclic) bond motifs is 1. The number of ether oxygens (including phenoxy) is 3. The van der Waals surface area contributed by atoms with Gasteiger partial charge in [0.25, 0.3) is 5.69 Å². The topological polar surface area (TPSA) is 87.9 Å². The lowest BCUT2D eigenvalue weighted by atomic mass is 10.1. The van der Waals surface area contributed by atoms with Gasteiger partial charge in [0.2, 0.25) is 6.79 Å². The normalized spacial score (nSPS) is 12.4. The first-order valence-electron chi connectivity index (χ1n) is 7.31. The van der Waals surface area contributed by atoms with Gasteiger partial charge in [-0.2, -0.15) is 0 Å². The largest absolute Gasteiger partial charge is 0.458 e. The van der Waals surface area contributed by atoms with E-state index in [1.165, 1.54) is 18.2 Å². The number of carbonyl (C=O) groups is 1. The number of rotatable bonds is 5. The van der Waals surface area contributed by atoms with E-state index in [2.05, 4.69) is 0 Å². The highest BCUT2D eigenvalue weighted by atomic mass is 35.5. The highest BCUT2D eigenvalue weighted by Gasteiger charge is 2.22. The number of esters is 1. The van der Waals surface area contributed by atoms with E-state index in [9.17, 15) is 14.9 Å². The third-order valence-electron chi connectivity index (χ3n) is 3.48. The molecule has 0 fully saturated rings. The van der Waals surface area contributed by atoms with E-state index in [-0.39, 0.29) is 30.4 Å². The molecule has 0 aliphatic carbocycles. The van der Waals surface area contributed by atoms with Crippen molar-refractivity contribution in [2.45, 2.75) is 6.61 Å². The van der Waals surface area contributed by atoms with Crippen molar-refractivity contribution in [3.8, 4) is 11.5 Å². The van der Waals surface area contributed by atoms with Crippen LogP contribution in [-0.4, -0.2) is 17.7 Å². The SMILES string of the molecule is O=C(/C=C/c1cc2c(cc1[N+](=O)[O-])OCO2)OCc1ccc(Cl)c(Cl)c1. The van der Waals surface area contributed by atoms with Gasteiger partial charge >= 0.3 is 5.97 Å². The van der Waals surface area contributed by atoms with E-state index in [0.29, 0.717) is 21.4 Å². The Hall–Kier alpha value is -2.77. The second-order valence-corrected chi connectivity index (χ2v) is 6.03. The molecule has 26 heavy (non-hydrogen) atoms. The molecule has 3 rings (SSSR count). The molecule has 0 atom stereocenters. The quantitative estimate of drug-likeness (QED) is 0.323. The second kappa shape index (κ2) is 7.63. The molecule has 0 saturated heterocycles. The van der Waals surface area contributed by atoms with E-state index in [1.807, 2.05) is 0 Å². The number of nitro benzene ring substituents is 1. The van der Waals surface area contributed by atoms with Crippen molar-refractivity contribution in [1.29, 1.82) is 0 Å². The zero-order chi connectivity index (χ0) is 18.7. The number of carbonyl (C=O) groups excluding carboxylic acids is 1. The molecule has 0 unspecified atom stereocenters. The molecule has 0 amide bonds. The van der Waals surface area contributed by atoms with Crippen LogP contribution in [0.15, 0.2) is 36.4 Å². The summed E-state index contributed by atoms with van der Waals surface area (Å²) in [6.07, 6.45) is 2.39. The maximum absolute atomic E-state index is 11.9. The minimum Gasteiger partial charge on any atom is -0.458 e. The summed E-state index contributed by atoms with van der Waals surface area (Å²) >= 11 is 11.7. The molecule has 9 heteroatoms. The zero-order valence-electron chi connectivity index (χ0n) is 13.1. The van der Waals surface area contributed by atoms with Crippen LogP contribution in [0.5, 0.6) is 11.5 Å². The van der Waals surface area contributed by atoms with E-state index in [1.54, 1.807) is 18.2 Å². The molecule has 0 spiro atoms. The zero-order valence-corrected chi connectivity index (χ0v) is 14.6. The maximum atomic E-state index is 11.9. The second-order valence-electron chi connectivity index (χ2n) is 5.21. The average Bonchev–Trinajstić information content (AvgIpc) is 3.07. The van der Waals surface area contributed by atoms with Crippen molar-refractivity contribution < 1.29 is 23.9 Å². The van der Waals surface area contributed by atoms with Crippen LogP contribution in [0, 0.1) is 10.1 Å². The van der Waals surface area contributed by atoms with E-state index >= 15 is 0 Å². The summed E-state index contributed by atoms with van der Waals surface area (Å²) < 4.78 is 15.4. The highest BCUT2D eigenvalue weighted by Crippen LogP contribution is 2.38. The Morgan fingerprint density at radius 2 is 1.92 bits per heavy atom. The predicted octanol–water partition coefficient (Wildman–Crippen LogP) is 4.39. The van der Waals surface area contributed by atoms with Gasteiger partial charge in [-0.3, -0.25) is 10.1 Å². The van der Waals surface area contributed by atoms with Gasteiger partial charge in [0.05, 0.1) is 26.6 Å². The fourth-order valence-electron chi connectivity index (χ4n) is 2.23. The molecular formula is C17H11Cl2NO6. The minimum atomic E-state index is -0.664. The fourth-order valence-corrected chi connectivity index (χ4v) is 2.55. The summed E-state index contributed by atoms with van der Waals surface area (Å²) in [5, 5.41) is 11.9. The Kier molecular flexibility index (Phi) is 5.29. The summed E-state index contributed by atoms with van der Waals surface area (Å²) in [7, 11) is 0. The van der Waals surface area contributed by atoms with Crippen LogP contribution in [0.1, 0.15) is 11.1 Å². The lowest BCUT2D eigenvalue weighted by Crippen LogP contribution is -2.01. The Morgan fingerprint density at radius 3 is 2.62 bits per heavy atom.